The average Bonchev–Trinajstić information content (AvgIpc) is 2.37. The molecule has 0 radical (unpaired) electrons. The van der Waals surface area contributed by atoms with Gasteiger partial charge in [-0.25, -0.2) is 13.1 Å². The van der Waals surface area contributed by atoms with E-state index in [1.165, 1.54) is 12.1 Å². The molecule has 0 aromatic heterocycles. The summed E-state index contributed by atoms with van der Waals surface area (Å²) >= 11 is 5.69. The van der Waals surface area contributed by atoms with Gasteiger partial charge >= 0.3 is 0 Å². The van der Waals surface area contributed by atoms with E-state index < -0.39 is 20.6 Å². The van der Waals surface area contributed by atoms with Crippen LogP contribution in [-0.2, 0) is 10.0 Å². The van der Waals surface area contributed by atoms with Crippen molar-refractivity contribution >= 4 is 27.3 Å². The molecule has 1 aliphatic rings. The van der Waals surface area contributed by atoms with Crippen LogP contribution >= 0.6 is 11.6 Å². The number of nitrogens with one attached hydrogen (secondary N) is 1. The van der Waals surface area contributed by atoms with E-state index in [2.05, 4.69) is 4.72 Å². The Morgan fingerprint density at radius 2 is 2.10 bits per heavy atom. The molecule has 0 heterocycles. The molecule has 1 aromatic carbocycles. The monoisotopic (exact) mass is 332 g/mol. The second-order valence-electron chi connectivity index (χ2n) is 5.40. The van der Waals surface area contributed by atoms with Crippen LogP contribution in [0.15, 0.2) is 23.1 Å². The van der Waals surface area contributed by atoms with Gasteiger partial charge in [-0.15, -0.1) is 0 Å². The number of nitrogens with zero attached hydrogens (tertiary/aromatic N) is 1. The molecule has 0 bridgehead atoms. The highest BCUT2D eigenvalue weighted by atomic mass is 35.5. The summed E-state index contributed by atoms with van der Waals surface area (Å²) < 4.78 is 27.0. The molecule has 2 rings (SSSR count). The van der Waals surface area contributed by atoms with Crippen molar-refractivity contribution < 1.29 is 13.3 Å². The maximum atomic E-state index is 12.2. The number of hydrogen-bond acceptors (Lipinski definition) is 4. The molecule has 0 unspecified atom stereocenters. The minimum absolute atomic E-state index is 0.0332. The van der Waals surface area contributed by atoms with E-state index in [-0.39, 0.29) is 15.3 Å². The fourth-order valence-corrected chi connectivity index (χ4v) is 3.83. The van der Waals surface area contributed by atoms with E-state index in [0.29, 0.717) is 6.54 Å². The van der Waals surface area contributed by atoms with Crippen LogP contribution in [0.1, 0.15) is 32.6 Å². The van der Waals surface area contributed by atoms with Crippen LogP contribution in [0, 0.1) is 15.5 Å². The molecule has 116 valence electrons. The van der Waals surface area contributed by atoms with Crippen molar-refractivity contribution in [2.75, 3.05) is 6.54 Å². The van der Waals surface area contributed by atoms with Gasteiger partial charge in [-0.05, 0) is 36.8 Å². The van der Waals surface area contributed by atoms with Gasteiger partial charge in [0.05, 0.1) is 9.82 Å². The Hall–Kier alpha value is -1.18. The van der Waals surface area contributed by atoms with Gasteiger partial charge in [0.15, 0.2) is 0 Å². The van der Waals surface area contributed by atoms with Crippen LogP contribution < -0.4 is 4.72 Å². The van der Waals surface area contributed by atoms with E-state index in [4.69, 9.17) is 11.6 Å². The predicted molar refractivity (Wildman–Crippen MR) is 79.9 cm³/mol. The lowest BCUT2D eigenvalue weighted by atomic mass is 9.67. The van der Waals surface area contributed by atoms with Crippen LogP contribution in [-0.4, -0.2) is 19.9 Å². The zero-order chi connectivity index (χ0) is 15.7. The summed E-state index contributed by atoms with van der Waals surface area (Å²) in [6.45, 7) is 2.41. The average molecular weight is 333 g/mol. The molecule has 0 saturated heterocycles. The lowest BCUT2D eigenvalue weighted by Gasteiger charge is -2.41. The topological polar surface area (TPSA) is 89.3 Å². The third-order valence-corrected chi connectivity index (χ3v) is 5.94. The first-order valence-electron chi connectivity index (χ1n) is 6.73. The quantitative estimate of drug-likeness (QED) is 0.640. The molecule has 1 aliphatic carbocycles. The van der Waals surface area contributed by atoms with Gasteiger partial charge in [-0.1, -0.05) is 24.9 Å². The van der Waals surface area contributed by atoms with Crippen molar-refractivity contribution in [3.63, 3.8) is 0 Å². The molecule has 0 atom stereocenters. The van der Waals surface area contributed by atoms with Crippen molar-refractivity contribution in [1.29, 1.82) is 0 Å². The Labute approximate surface area is 128 Å². The summed E-state index contributed by atoms with van der Waals surface area (Å²) in [7, 11) is -3.77. The molecule has 0 amide bonds. The second-order valence-corrected chi connectivity index (χ2v) is 7.58. The Kier molecular flexibility index (Phi) is 4.55. The van der Waals surface area contributed by atoms with Crippen LogP contribution in [0.2, 0.25) is 5.02 Å². The molecule has 0 aliphatic heterocycles. The Morgan fingerprint density at radius 1 is 1.43 bits per heavy atom. The van der Waals surface area contributed by atoms with Gasteiger partial charge in [0.25, 0.3) is 5.69 Å². The van der Waals surface area contributed by atoms with Crippen molar-refractivity contribution in [3.8, 4) is 0 Å². The number of nitro groups is 1. The molecule has 1 N–H and O–H groups in total. The van der Waals surface area contributed by atoms with E-state index >= 15 is 0 Å². The van der Waals surface area contributed by atoms with Crippen molar-refractivity contribution in [2.45, 2.75) is 37.5 Å². The van der Waals surface area contributed by atoms with Gasteiger partial charge in [-0.3, -0.25) is 10.1 Å². The highest BCUT2D eigenvalue weighted by molar-refractivity contribution is 7.89. The van der Waals surface area contributed by atoms with Crippen molar-refractivity contribution in [2.24, 2.45) is 5.41 Å². The SMILES string of the molecule is CCC1(CNS(=O)(=O)c2ccc(Cl)c([N+](=O)[O-])c2)CCC1. The van der Waals surface area contributed by atoms with Gasteiger partial charge in [0.2, 0.25) is 10.0 Å². The third kappa shape index (κ3) is 3.36. The number of rotatable bonds is 6. The smallest absolute Gasteiger partial charge is 0.258 e. The van der Waals surface area contributed by atoms with Gasteiger partial charge in [0, 0.05) is 12.6 Å². The Bertz CT molecular complexity index is 651. The molecule has 21 heavy (non-hydrogen) atoms. The first kappa shape index (κ1) is 16.2. The summed E-state index contributed by atoms with van der Waals surface area (Å²) in [4.78, 5) is 10.00. The maximum absolute atomic E-state index is 12.2. The lowest BCUT2D eigenvalue weighted by Crippen LogP contribution is -2.41. The molecule has 1 fully saturated rings. The molecule has 0 spiro atoms. The van der Waals surface area contributed by atoms with Crippen LogP contribution in [0.4, 0.5) is 5.69 Å². The number of sulfonamides is 1. The molecule has 1 aromatic rings. The Balaban J connectivity index is 2.20. The van der Waals surface area contributed by atoms with Crippen LogP contribution in [0.5, 0.6) is 0 Å². The zero-order valence-corrected chi connectivity index (χ0v) is 13.2. The fourth-order valence-electron chi connectivity index (χ4n) is 2.46. The number of benzene rings is 1. The molecular weight excluding hydrogens is 316 g/mol. The van der Waals surface area contributed by atoms with Crippen molar-refractivity contribution in [3.05, 3.63) is 33.3 Å². The lowest BCUT2D eigenvalue weighted by molar-refractivity contribution is -0.384. The van der Waals surface area contributed by atoms with Gasteiger partial charge in [0.1, 0.15) is 5.02 Å². The zero-order valence-electron chi connectivity index (χ0n) is 11.6. The summed E-state index contributed by atoms with van der Waals surface area (Å²) in [6, 6.07) is 3.49. The summed E-state index contributed by atoms with van der Waals surface area (Å²) in [5.41, 5.74) is -0.376. The molecular formula is C13H17ClN2O4S. The number of hydrogen-bond donors (Lipinski definition) is 1. The molecule has 1 saturated carbocycles. The van der Waals surface area contributed by atoms with E-state index in [1.807, 2.05) is 6.92 Å². The normalized spacial score (nSPS) is 17.2. The summed E-state index contributed by atoms with van der Waals surface area (Å²) in [5, 5.41) is 10.7. The Morgan fingerprint density at radius 3 is 2.57 bits per heavy atom. The maximum Gasteiger partial charge on any atom is 0.289 e. The standard InChI is InChI=1S/C13H17ClN2O4S/c1-2-13(6-3-7-13)9-15-21(19,20)10-4-5-11(14)12(8-10)16(17)18/h4-5,8,15H,2-3,6-7,9H2,1H3. The predicted octanol–water partition coefficient (Wildman–Crippen LogP) is 3.11. The number of halogens is 1. The van der Waals surface area contributed by atoms with Crippen LogP contribution in [0.3, 0.4) is 0 Å². The minimum Gasteiger partial charge on any atom is -0.258 e. The first-order valence-corrected chi connectivity index (χ1v) is 8.59. The number of nitro benzene ring substituents is 1. The highest BCUT2D eigenvalue weighted by Gasteiger charge is 2.36. The largest absolute Gasteiger partial charge is 0.289 e. The van der Waals surface area contributed by atoms with E-state index in [9.17, 15) is 18.5 Å². The minimum atomic E-state index is -3.77. The van der Waals surface area contributed by atoms with Gasteiger partial charge < -0.3 is 0 Å². The first-order chi connectivity index (χ1) is 9.80. The second kappa shape index (κ2) is 5.90. The highest BCUT2D eigenvalue weighted by Crippen LogP contribution is 2.43. The summed E-state index contributed by atoms with van der Waals surface area (Å²) in [6.07, 6.45) is 4.04. The fraction of sp³-hybridized carbons (Fsp3) is 0.538. The molecule has 6 nitrogen and oxygen atoms in total. The third-order valence-electron chi connectivity index (χ3n) is 4.23. The van der Waals surface area contributed by atoms with Crippen LogP contribution in [0.25, 0.3) is 0 Å². The summed E-state index contributed by atoms with van der Waals surface area (Å²) in [5.74, 6) is 0. The van der Waals surface area contributed by atoms with Gasteiger partial charge in [-0.2, -0.15) is 0 Å². The molecule has 8 heteroatoms. The van der Waals surface area contributed by atoms with Crippen molar-refractivity contribution in [1.82, 2.24) is 4.72 Å². The van der Waals surface area contributed by atoms with E-state index in [1.54, 1.807) is 0 Å². The van der Waals surface area contributed by atoms with E-state index in [0.717, 1.165) is 31.7 Å².